The number of aromatic nitrogens is 10. The number of fused-ring (bicyclic) bond motifs is 2. The van der Waals surface area contributed by atoms with Gasteiger partial charge in [0, 0.05) is 53.1 Å². The summed E-state index contributed by atoms with van der Waals surface area (Å²) in [6, 6.07) is 16.7. The maximum absolute atomic E-state index is 14.1. The normalized spacial score (nSPS) is 13.0. The van der Waals surface area contributed by atoms with Gasteiger partial charge in [-0.05, 0) is 62.6 Å². The van der Waals surface area contributed by atoms with Gasteiger partial charge in [-0.3, -0.25) is 14.3 Å². The first kappa shape index (κ1) is 32.3. The fourth-order valence-electron chi connectivity index (χ4n) is 6.59. The van der Waals surface area contributed by atoms with Gasteiger partial charge in [-0.1, -0.05) is 45.4 Å². The second-order valence-electron chi connectivity index (χ2n) is 12.6. The van der Waals surface area contributed by atoms with Crippen LogP contribution in [0.15, 0.2) is 83.9 Å². The third-order valence-corrected chi connectivity index (χ3v) is 9.58. The molecule has 256 valence electrons. The monoisotopic (exact) mass is 744 g/mol. The van der Waals surface area contributed by atoms with Crippen LogP contribution < -0.4 is 10.6 Å². The molecule has 1 aliphatic rings. The number of amides is 2. The first-order valence-electron chi connectivity index (χ1n) is 16.5. The summed E-state index contributed by atoms with van der Waals surface area (Å²) in [5.41, 5.74) is 7.73. The topological polar surface area (TPSA) is 155 Å². The van der Waals surface area contributed by atoms with Crippen molar-refractivity contribution in [1.29, 1.82) is 0 Å². The SMILES string of the molecule is Cc1cc(C)n2ncc(C(=O)Nc3ccc(-c4cn(Cc5nn6c(c5C(=O)NC(c5ccc(Br)cc5)c5nccn5C)CCC6)nn4)cc3)c2n1. The molecule has 1 aliphatic heterocycles. The molecule has 5 aromatic heterocycles. The Hall–Kier alpha value is -5.96. The van der Waals surface area contributed by atoms with E-state index >= 15 is 0 Å². The molecule has 0 aliphatic carbocycles. The first-order valence-corrected chi connectivity index (χ1v) is 17.3. The molecule has 2 aromatic carbocycles. The summed E-state index contributed by atoms with van der Waals surface area (Å²) in [5.74, 6) is 0.212. The number of anilines is 1. The van der Waals surface area contributed by atoms with Crippen molar-refractivity contribution in [2.75, 3.05) is 5.32 Å². The molecule has 0 radical (unpaired) electrons. The molecule has 51 heavy (non-hydrogen) atoms. The molecule has 0 bridgehead atoms. The number of rotatable bonds is 9. The van der Waals surface area contributed by atoms with Crippen LogP contribution in [0.1, 0.15) is 67.3 Å². The summed E-state index contributed by atoms with van der Waals surface area (Å²) in [5, 5.41) is 24.1. The van der Waals surface area contributed by atoms with Gasteiger partial charge in [0.2, 0.25) is 0 Å². The third kappa shape index (κ3) is 6.20. The Morgan fingerprint density at radius 2 is 1.84 bits per heavy atom. The van der Waals surface area contributed by atoms with Crippen molar-refractivity contribution < 1.29 is 9.59 Å². The van der Waals surface area contributed by atoms with E-state index in [-0.39, 0.29) is 18.4 Å². The molecule has 1 unspecified atom stereocenters. The number of carbonyl (C=O) groups excluding carboxylic acids is 2. The van der Waals surface area contributed by atoms with Gasteiger partial charge in [0.25, 0.3) is 11.8 Å². The van der Waals surface area contributed by atoms with E-state index in [2.05, 4.69) is 51.9 Å². The highest BCUT2D eigenvalue weighted by molar-refractivity contribution is 9.10. The zero-order valence-corrected chi connectivity index (χ0v) is 29.7. The van der Waals surface area contributed by atoms with Gasteiger partial charge in [-0.15, -0.1) is 5.10 Å². The van der Waals surface area contributed by atoms with E-state index in [1.54, 1.807) is 15.4 Å². The fraction of sp³-hybridized carbons (Fsp3) is 0.222. The van der Waals surface area contributed by atoms with Gasteiger partial charge in [0.05, 0.1) is 35.9 Å². The minimum atomic E-state index is -0.467. The Morgan fingerprint density at radius 3 is 2.61 bits per heavy atom. The molecule has 1 atom stereocenters. The minimum absolute atomic E-state index is 0.216. The van der Waals surface area contributed by atoms with E-state index in [4.69, 9.17) is 5.10 Å². The quantitative estimate of drug-likeness (QED) is 0.208. The molecule has 15 heteroatoms. The third-order valence-electron chi connectivity index (χ3n) is 9.05. The van der Waals surface area contributed by atoms with Crippen molar-refractivity contribution >= 4 is 39.1 Å². The number of imidazole rings is 1. The lowest BCUT2D eigenvalue weighted by molar-refractivity contribution is 0.0938. The van der Waals surface area contributed by atoms with Crippen LogP contribution in [0, 0.1) is 13.8 Å². The molecular weight excluding hydrogens is 712 g/mol. The predicted molar refractivity (Wildman–Crippen MR) is 192 cm³/mol. The zero-order valence-electron chi connectivity index (χ0n) is 28.1. The van der Waals surface area contributed by atoms with Gasteiger partial charge in [-0.25, -0.2) is 19.2 Å². The predicted octanol–water partition coefficient (Wildman–Crippen LogP) is 5.06. The van der Waals surface area contributed by atoms with Crippen LogP contribution in [0.4, 0.5) is 5.69 Å². The Kier molecular flexibility index (Phi) is 8.26. The van der Waals surface area contributed by atoms with Gasteiger partial charge in [0.15, 0.2) is 5.65 Å². The Balaban J connectivity index is 1.00. The molecule has 14 nitrogen and oxygen atoms in total. The van der Waals surface area contributed by atoms with Crippen LogP contribution in [0.2, 0.25) is 0 Å². The molecule has 6 heterocycles. The summed E-state index contributed by atoms with van der Waals surface area (Å²) in [6.07, 6.45) is 8.64. The molecule has 2 N–H and O–H groups in total. The van der Waals surface area contributed by atoms with E-state index in [9.17, 15) is 9.59 Å². The van der Waals surface area contributed by atoms with Crippen LogP contribution in [-0.4, -0.2) is 60.7 Å². The standard InChI is InChI=1S/C36H33BrN12O2/c1-21-17-22(2)49-33(40-21)27(18-39-49)35(50)41-26-12-8-23(9-13-26)28-19-47(45-43-28)20-29-31(30-5-4-15-48(30)44-29)36(51)42-32(34-38-14-16-46(34)3)24-6-10-25(37)11-7-24/h6-14,16-19,32H,4-5,15,20H2,1-3H3,(H,41,50)(H,42,51). The van der Waals surface area contributed by atoms with Crippen molar-refractivity contribution in [1.82, 2.24) is 54.2 Å². The second-order valence-corrected chi connectivity index (χ2v) is 13.5. The van der Waals surface area contributed by atoms with Crippen LogP contribution in [0.3, 0.4) is 0 Å². The average molecular weight is 746 g/mol. The maximum atomic E-state index is 14.1. The van der Waals surface area contributed by atoms with Crippen LogP contribution in [-0.2, 0) is 26.6 Å². The number of hydrogen-bond acceptors (Lipinski definition) is 8. The Labute approximate surface area is 300 Å². The van der Waals surface area contributed by atoms with E-state index in [1.165, 1.54) is 6.20 Å². The van der Waals surface area contributed by atoms with E-state index < -0.39 is 6.04 Å². The smallest absolute Gasteiger partial charge is 0.261 e. The fourth-order valence-corrected chi connectivity index (χ4v) is 6.85. The van der Waals surface area contributed by atoms with Gasteiger partial charge >= 0.3 is 0 Å². The van der Waals surface area contributed by atoms with Crippen molar-refractivity contribution in [2.24, 2.45) is 7.05 Å². The molecule has 0 saturated heterocycles. The van der Waals surface area contributed by atoms with Gasteiger partial charge in [-0.2, -0.15) is 10.2 Å². The zero-order chi connectivity index (χ0) is 35.2. The minimum Gasteiger partial charge on any atom is -0.338 e. The van der Waals surface area contributed by atoms with Gasteiger partial charge in [0.1, 0.15) is 23.1 Å². The highest BCUT2D eigenvalue weighted by atomic mass is 79.9. The lowest BCUT2D eigenvalue weighted by Gasteiger charge is -2.20. The van der Waals surface area contributed by atoms with Crippen molar-refractivity contribution in [3.8, 4) is 11.3 Å². The molecule has 0 fully saturated rings. The van der Waals surface area contributed by atoms with Crippen molar-refractivity contribution in [2.45, 2.75) is 45.8 Å². The van der Waals surface area contributed by atoms with Crippen molar-refractivity contribution in [3.05, 3.63) is 129 Å². The molecular formula is C36H33BrN12O2. The van der Waals surface area contributed by atoms with Crippen molar-refractivity contribution in [3.63, 3.8) is 0 Å². The van der Waals surface area contributed by atoms with E-state index in [1.807, 2.05) is 97.1 Å². The molecule has 2 amide bonds. The lowest BCUT2D eigenvalue weighted by Crippen LogP contribution is -2.32. The number of aryl methyl sites for hydroxylation is 4. The number of nitrogens with one attached hydrogen (secondary N) is 2. The maximum Gasteiger partial charge on any atom is 0.261 e. The highest BCUT2D eigenvalue weighted by Gasteiger charge is 2.30. The van der Waals surface area contributed by atoms with E-state index in [0.29, 0.717) is 33.8 Å². The van der Waals surface area contributed by atoms with Crippen LogP contribution >= 0.6 is 15.9 Å². The highest BCUT2D eigenvalue weighted by Crippen LogP contribution is 2.28. The number of benzene rings is 2. The number of hydrogen-bond donors (Lipinski definition) is 2. The second kappa shape index (κ2) is 13.1. The molecule has 8 rings (SSSR count). The van der Waals surface area contributed by atoms with E-state index in [0.717, 1.165) is 57.9 Å². The Morgan fingerprint density at radius 1 is 1.04 bits per heavy atom. The molecule has 7 aromatic rings. The summed E-state index contributed by atoms with van der Waals surface area (Å²) >= 11 is 3.51. The molecule has 0 spiro atoms. The van der Waals surface area contributed by atoms with Crippen LogP contribution in [0.5, 0.6) is 0 Å². The average Bonchev–Trinajstić information content (AvgIpc) is 3.95. The molecule has 0 saturated carbocycles. The number of nitrogens with zero attached hydrogens (tertiary/aromatic N) is 10. The summed E-state index contributed by atoms with van der Waals surface area (Å²) in [7, 11) is 1.91. The number of halogens is 1. The van der Waals surface area contributed by atoms with Crippen LogP contribution in [0.25, 0.3) is 16.9 Å². The summed E-state index contributed by atoms with van der Waals surface area (Å²) in [6.45, 7) is 4.83. The lowest BCUT2D eigenvalue weighted by atomic mass is 10.0. The largest absolute Gasteiger partial charge is 0.338 e. The first-order chi connectivity index (χ1) is 24.7. The Bertz CT molecular complexity index is 2420. The van der Waals surface area contributed by atoms with Gasteiger partial charge < -0.3 is 15.2 Å². The number of carbonyl (C=O) groups is 2. The summed E-state index contributed by atoms with van der Waals surface area (Å²) < 4.78 is 8.13. The summed E-state index contributed by atoms with van der Waals surface area (Å²) in [4.78, 5) is 36.3.